The number of para-hydroxylation sites is 4. The summed E-state index contributed by atoms with van der Waals surface area (Å²) in [5.74, 6) is 2.22. The van der Waals surface area contributed by atoms with Crippen LogP contribution in [0, 0.1) is 0 Å². The van der Waals surface area contributed by atoms with Crippen LogP contribution in [0.15, 0.2) is 255 Å². The van der Waals surface area contributed by atoms with Crippen molar-refractivity contribution in [1.29, 1.82) is 0 Å². The van der Waals surface area contributed by atoms with E-state index >= 15 is 0 Å². The fourth-order valence-electron chi connectivity index (χ4n) is 11.1. The second-order valence-electron chi connectivity index (χ2n) is 18.9. The molecule has 0 radical (unpaired) electrons. The van der Waals surface area contributed by atoms with Gasteiger partial charge in [-0.1, -0.05) is 158 Å². The molecule has 10 aromatic carbocycles. The standard InChI is InChI=1S/C67H42N8/c1-5-17-43(18-6-1)65-70-66(44-19-7-2-8-20-44)72-67(71-65)57-41-68-42-64(69-57)75-62-35-31-47(45-29-33-60-53(37-45)51-25-13-15-27-58(51)73(60)49-21-9-3-10-22-49)39-55(62)56-40-48(32-36-63(56)75)46-30-34-61-54(38-46)52-26-14-16-28-59(52)74(61)50-23-11-4-12-24-50/h1-42H. The van der Waals surface area contributed by atoms with Crippen LogP contribution >= 0.6 is 0 Å². The maximum Gasteiger partial charge on any atom is 0.184 e. The molecular formula is C67H42N8. The van der Waals surface area contributed by atoms with E-state index in [0.717, 1.165) is 66.6 Å². The quantitative estimate of drug-likeness (QED) is 0.152. The van der Waals surface area contributed by atoms with Gasteiger partial charge in [-0.25, -0.2) is 19.9 Å². The van der Waals surface area contributed by atoms with Gasteiger partial charge in [-0.3, -0.25) is 9.55 Å². The second-order valence-corrected chi connectivity index (χ2v) is 18.9. The van der Waals surface area contributed by atoms with Crippen LogP contribution in [0.1, 0.15) is 0 Å². The van der Waals surface area contributed by atoms with Crippen molar-refractivity contribution in [2.75, 3.05) is 0 Å². The van der Waals surface area contributed by atoms with Crippen molar-refractivity contribution in [3.05, 3.63) is 255 Å². The lowest BCUT2D eigenvalue weighted by Gasteiger charge is -2.11. The molecule has 8 heteroatoms. The van der Waals surface area contributed by atoms with E-state index in [0.29, 0.717) is 29.0 Å². The molecule has 0 spiro atoms. The van der Waals surface area contributed by atoms with Gasteiger partial charge in [0, 0.05) is 54.8 Å². The average Bonchev–Trinajstić information content (AvgIpc) is 4.20. The van der Waals surface area contributed by atoms with Gasteiger partial charge in [0.15, 0.2) is 23.3 Å². The van der Waals surface area contributed by atoms with Crippen molar-refractivity contribution in [1.82, 2.24) is 38.6 Å². The van der Waals surface area contributed by atoms with E-state index in [4.69, 9.17) is 24.9 Å². The van der Waals surface area contributed by atoms with E-state index < -0.39 is 0 Å². The van der Waals surface area contributed by atoms with Crippen LogP contribution in [0.4, 0.5) is 0 Å². The minimum Gasteiger partial charge on any atom is -0.309 e. The Morgan fingerprint density at radius 3 is 1.03 bits per heavy atom. The first kappa shape index (κ1) is 42.4. The first-order chi connectivity index (χ1) is 37.2. The SMILES string of the molecule is c1ccc(-c2nc(-c3ccccc3)nc(-c3cncc(-n4c5ccc(-c6ccc7c(c6)c6ccccc6n7-c6ccccc6)cc5c5cc(-c6ccc7c(c6)c6ccccc6n7-c6ccccc6)ccc54)n3)n2)cc1. The first-order valence-electron chi connectivity index (χ1n) is 25.1. The Morgan fingerprint density at radius 1 is 0.240 bits per heavy atom. The number of benzene rings is 10. The number of hydrogen-bond acceptors (Lipinski definition) is 5. The van der Waals surface area contributed by atoms with Crippen LogP contribution in [0.3, 0.4) is 0 Å². The number of fused-ring (bicyclic) bond motifs is 9. The lowest BCUT2D eigenvalue weighted by atomic mass is 9.98. The monoisotopic (exact) mass is 958 g/mol. The molecule has 0 atom stereocenters. The van der Waals surface area contributed by atoms with Crippen molar-refractivity contribution in [2.45, 2.75) is 0 Å². The molecule has 0 N–H and O–H groups in total. The zero-order chi connectivity index (χ0) is 49.4. The predicted molar refractivity (Wildman–Crippen MR) is 306 cm³/mol. The number of rotatable bonds is 8. The molecule has 0 bridgehead atoms. The van der Waals surface area contributed by atoms with E-state index in [2.05, 4.69) is 196 Å². The molecule has 75 heavy (non-hydrogen) atoms. The maximum atomic E-state index is 5.34. The summed E-state index contributed by atoms with van der Waals surface area (Å²) in [7, 11) is 0. The van der Waals surface area contributed by atoms with Crippen LogP contribution in [-0.4, -0.2) is 38.6 Å². The Labute approximate surface area is 430 Å². The Morgan fingerprint density at radius 2 is 0.587 bits per heavy atom. The Bertz CT molecular complexity index is 4420. The highest BCUT2D eigenvalue weighted by molar-refractivity contribution is 6.14. The molecular weight excluding hydrogens is 917 g/mol. The summed E-state index contributed by atoms with van der Waals surface area (Å²) >= 11 is 0. The Kier molecular flexibility index (Phi) is 9.71. The van der Waals surface area contributed by atoms with Gasteiger partial charge >= 0.3 is 0 Å². The van der Waals surface area contributed by atoms with Gasteiger partial charge in [0.2, 0.25) is 0 Å². The minimum atomic E-state index is 0.440. The average molecular weight is 959 g/mol. The summed E-state index contributed by atoms with van der Waals surface area (Å²) < 4.78 is 6.95. The van der Waals surface area contributed by atoms with Crippen LogP contribution in [0.2, 0.25) is 0 Å². The lowest BCUT2D eigenvalue weighted by Crippen LogP contribution is -2.04. The van der Waals surface area contributed by atoms with Gasteiger partial charge in [0.1, 0.15) is 5.69 Å². The maximum absolute atomic E-state index is 5.34. The second kappa shape index (κ2) is 17.2. The summed E-state index contributed by atoms with van der Waals surface area (Å²) in [5.41, 5.74) is 15.8. The zero-order valence-electron chi connectivity index (χ0n) is 40.3. The highest BCUT2D eigenvalue weighted by Gasteiger charge is 2.21. The third-order valence-corrected chi connectivity index (χ3v) is 14.6. The first-order valence-corrected chi connectivity index (χ1v) is 25.1. The van der Waals surface area contributed by atoms with Crippen molar-refractivity contribution < 1.29 is 0 Å². The summed E-state index contributed by atoms with van der Waals surface area (Å²) in [5, 5.41) is 7.04. The van der Waals surface area contributed by atoms with Gasteiger partial charge < -0.3 is 9.13 Å². The minimum absolute atomic E-state index is 0.440. The van der Waals surface area contributed by atoms with Crippen LogP contribution in [0.5, 0.6) is 0 Å². The lowest BCUT2D eigenvalue weighted by molar-refractivity contribution is 1.01. The summed E-state index contributed by atoms with van der Waals surface area (Å²) in [6.07, 6.45) is 3.57. The molecule has 350 valence electrons. The molecule has 0 saturated heterocycles. The molecule has 0 aliphatic heterocycles. The Hall–Kier alpha value is -10.3. The zero-order valence-corrected chi connectivity index (χ0v) is 40.3. The Balaban J connectivity index is 0.922. The molecule has 8 nitrogen and oxygen atoms in total. The molecule has 0 fully saturated rings. The van der Waals surface area contributed by atoms with E-state index in [9.17, 15) is 0 Å². The normalized spacial score (nSPS) is 11.7. The molecule has 0 unspecified atom stereocenters. The molecule has 5 heterocycles. The summed E-state index contributed by atoms with van der Waals surface area (Å²) in [6.45, 7) is 0. The van der Waals surface area contributed by atoms with Gasteiger partial charge in [-0.2, -0.15) is 0 Å². The third kappa shape index (κ3) is 7.03. The van der Waals surface area contributed by atoms with E-state index in [-0.39, 0.29) is 0 Å². The summed E-state index contributed by atoms with van der Waals surface area (Å²) in [6, 6.07) is 85.9. The van der Waals surface area contributed by atoms with Crippen molar-refractivity contribution in [3.8, 4) is 73.7 Å². The van der Waals surface area contributed by atoms with Gasteiger partial charge in [0.25, 0.3) is 0 Å². The third-order valence-electron chi connectivity index (χ3n) is 14.6. The molecule has 0 aliphatic rings. The fraction of sp³-hybridized carbons (Fsp3) is 0. The van der Waals surface area contributed by atoms with Crippen molar-refractivity contribution in [2.24, 2.45) is 0 Å². The van der Waals surface area contributed by atoms with E-state index in [1.165, 1.54) is 43.6 Å². The summed E-state index contributed by atoms with van der Waals surface area (Å²) in [4.78, 5) is 25.1. The van der Waals surface area contributed by atoms with Crippen LogP contribution in [0.25, 0.3) is 139 Å². The molecule has 15 rings (SSSR count). The number of aromatic nitrogens is 8. The molecule has 0 aliphatic carbocycles. The van der Waals surface area contributed by atoms with Gasteiger partial charge in [-0.05, 0) is 107 Å². The van der Waals surface area contributed by atoms with Gasteiger partial charge in [0.05, 0.1) is 45.5 Å². The van der Waals surface area contributed by atoms with E-state index in [1.807, 2.05) is 66.9 Å². The highest BCUT2D eigenvalue weighted by Crippen LogP contribution is 2.41. The van der Waals surface area contributed by atoms with E-state index in [1.54, 1.807) is 6.20 Å². The van der Waals surface area contributed by atoms with Crippen molar-refractivity contribution >= 4 is 65.4 Å². The molecule has 5 aromatic heterocycles. The fourth-order valence-corrected chi connectivity index (χ4v) is 11.1. The molecule has 0 saturated carbocycles. The number of nitrogens with zero attached hydrogens (tertiary/aromatic N) is 8. The molecule has 15 aromatic rings. The predicted octanol–water partition coefficient (Wildman–Crippen LogP) is 16.3. The number of hydrogen-bond donors (Lipinski definition) is 0. The van der Waals surface area contributed by atoms with Crippen molar-refractivity contribution in [3.63, 3.8) is 0 Å². The molecule has 0 amide bonds. The van der Waals surface area contributed by atoms with Crippen LogP contribution in [-0.2, 0) is 0 Å². The van der Waals surface area contributed by atoms with Crippen LogP contribution < -0.4 is 0 Å². The largest absolute Gasteiger partial charge is 0.309 e. The smallest absolute Gasteiger partial charge is 0.184 e. The highest BCUT2D eigenvalue weighted by atomic mass is 15.1. The topological polar surface area (TPSA) is 79.2 Å². The van der Waals surface area contributed by atoms with Gasteiger partial charge in [-0.15, -0.1) is 0 Å².